The van der Waals surface area contributed by atoms with Gasteiger partial charge in [-0.1, -0.05) is 6.07 Å². The van der Waals surface area contributed by atoms with E-state index >= 15 is 0 Å². The number of piperidine rings is 1. The van der Waals surface area contributed by atoms with Crippen LogP contribution in [0.1, 0.15) is 18.4 Å². The highest BCUT2D eigenvalue weighted by Crippen LogP contribution is 2.23. The fourth-order valence-corrected chi connectivity index (χ4v) is 2.90. The Morgan fingerprint density at radius 2 is 2.12 bits per heavy atom. The van der Waals surface area contributed by atoms with Crippen molar-refractivity contribution in [2.45, 2.75) is 24.9 Å². The Morgan fingerprint density at radius 3 is 2.88 bits per heavy atom. The number of nitrogens with zero attached hydrogens (tertiary/aromatic N) is 4. The van der Waals surface area contributed by atoms with Crippen molar-refractivity contribution in [3.8, 4) is 0 Å². The quantitative estimate of drug-likeness (QED) is 0.834. The number of carbonyl (C=O) groups excluding carboxylic acids is 1. The Balaban J connectivity index is 1.54. The van der Waals surface area contributed by atoms with Gasteiger partial charge in [0.25, 0.3) is 0 Å². The van der Waals surface area contributed by atoms with E-state index in [4.69, 9.17) is 0 Å². The molecule has 126 valence electrons. The molecule has 0 bridgehead atoms. The monoisotopic (exact) mass is 327 g/mol. The van der Waals surface area contributed by atoms with Crippen molar-refractivity contribution >= 4 is 11.9 Å². The van der Waals surface area contributed by atoms with Gasteiger partial charge in [0.2, 0.25) is 11.9 Å². The summed E-state index contributed by atoms with van der Waals surface area (Å²) in [6.45, 7) is 1.43. The van der Waals surface area contributed by atoms with Crippen molar-refractivity contribution in [3.05, 3.63) is 48.5 Å². The fourth-order valence-electron chi connectivity index (χ4n) is 2.90. The topological polar surface area (TPSA) is 91.2 Å². The molecule has 24 heavy (non-hydrogen) atoms. The first-order valence-electron chi connectivity index (χ1n) is 8.05. The average Bonchev–Trinajstić information content (AvgIpc) is 2.62. The van der Waals surface area contributed by atoms with Gasteiger partial charge in [0, 0.05) is 37.9 Å². The van der Waals surface area contributed by atoms with E-state index < -0.39 is 5.60 Å². The summed E-state index contributed by atoms with van der Waals surface area (Å²) in [5.74, 6) is 0.488. The number of pyridine rings is 1. The summed E-state index contributed by atoms with van der Waals surface area (Å²) in [5.41, 5.74) is -0.118. The summed E-state index contributed by atoms with van der Waals surface area (Å²) in [6.07, 6.45) is 8.44. The molecule has 1 saturated heterocycles. The zero-order chi connectivity index (χ0) is 16.8. The predicted molar refractivity (Wildman–Crippen MR) is 89.4 cm³/mol. The number of hydrogen-bond acceptors (Lipinski definition) is 6. The van der Waals surface area contributed by atoms with Gasteiger partial charge in [0.1, 0.15) is 0 Å². The van der Waals surface area contributed by atoms with E-state index in [0.29, 0.717) is 18.9 Å². The number of carbonyl (C=O) groups is 1. The maximum absolute atomic E-state index is 12.1. The van der Waals surface area contributed by atoms with Gasteiger partial charge in [-0.3, -0.25) is 9.78 Å². The minimum atomic E-state index is -0.970. The minimum absolute atomic E-state index is 0.121. The molecule has 7 nitrogen and oxygen atoms in total. The number of nitrogens with one attached hydrogen (secondary N) is 1. The lowest BCUT2D eigenvalue weighted by Crippen LogP contribution is -2.54. The molecule has 0 spiro atoms. The molecule has 2 aromatic rings. The molecule has 0 aliphatic carbocycles. The molecule has 1 amide bonds. The number of aliphatic hydroxyl groups is 1. The summed E-state index contributed by atoms with van der Waals surface area (Å²) < 4.78 is 0. The smallest absolute Gasteiger partial charge is 0.225 e. The molecule has 1 aliphatic rings. The highest BCUT2D eigenvalue weighted by Gasteiger charge is 2.34. The van der Waals surface area contributed by atoms with Gasteiger partial charge in [0.15, 0.2) is 0 Å². The summed E-state index contributed by atoms with van der Waals surface area (Å²) in [6, 6.07) is 5.42. The molecule has 7 heteroatoms. The molecule has 2 aromatic heterocycles. The Bertz CT molecular complexity index is 667. The molecule has 1 aliphatic heterocycles. The van der Waals surface area contributed by atoms with E-state index in [1.54, 1.807) is 36.9 Å². The summed E-state index contributed by atoms with van der Waals surface area (Å²) in [5, 5.41) is 13.6. The van der Waals surface area contributed by atoms with Gasteiger partial charge in [-0.25, -0.2) is 9.97 Å². The van der Waals surface area contributed by atoms with Crippen LogP contribution in [0.25, 0.3) is 0 Å². The molecule has 2 N–H and O–H groups in total. The zero-order valence-corrected chi connectivity index (χ0v) is 13.4. The van der Waals surface area contributed by atoms with E-state index in [-0.39, 0.29) is 18.9 Å². The van der Waals surface area contributed by atoms with Gasteiger partial charge < -0.3 is 15.3 Å². The van der Waals surface area contributed by atoms with Crippen LogP contribution in [0.15, 0.2) is 43.0 Å². The van der Waals surface area contributed by atoms with Crippen LogP contribution in [0.4, 0.5) is 5.95 Å². The molecular formula is C17H21N5O2. The van der Waals surface area contributed by atoms with Gasteiger partial charge in [-0.15, -0.1) is 0 Å². The Hall–Kier alpha value is -2.54. The van der Waals surface area contributed by atoms with Crippen LogP contribution < -0.4 is 10.2 Å². The van der Waals surface area contributed by atoms with Crippen molar-refractivity contribution in [1.29, 1.82) is 0 Å². The number of hydrogen-bond donors (Lipinski definition) is 2. The number of anilines is 1. The minimum Gasteiger partial charge on any atom is -0.386 e. The first-order chi connectivity index (χ1) is 11.6. The maximum Gasteiger partial charge on any atom is 0.225 e. The van der Waals surface area contributed by atoms with Crippen molar-refractivity contribution in [2.24, 2.45) is 0 Å². The van der Waals surface area contributed by atoms with E-state index in [9.17, 15) is 9.90 Å². The molecule has 0 aromatic carbocycles. The zero-order valence-electron chi connectivity index (χ0n) is 13.4. The van der Waals surface area contributed by atoms with Crippen molar-refractivity contribution in [3.63, 3.8) is 0 Å². The van der Waals surface area contributed by atoms with E-state index in [1.807, 2.05) is 11.0 Å². The van der Waals surface area contributed by atoms with Crippen molar-refractivity contribution < 1.29 is 9.90 Å². The molecular weight excluding hydrogens is 306 g/mol. The third kappa shape index (κ3) is 4.26. The van der Waals surface area contributed by atoms with Crippen LogP contribution in [-0.4, -0.2) is 51.2 Å². The molecule has 1 atom stereocenters. The number of β-amino-alcohol motifs (C(OH)–C–C–N with tert-alkyl or cyclic N) is 1. The van der Waals surface area contributed by atoms with E-state index in [2.05, 4.69) is 20.3 Å². The normalized spacial score (nSPS) is 20.6. The van der Waals surface area contributed by atoms with Crippen molar-refractivity contribution in [1.82, 2.24) is 20.3 Å². The summed E-state index contributed by atoms with van der Waals surface area (Å²) in [4.78, 5) is 26.5. The average molecular weight is 327 g/mol. The van der Waals surface area contributed by atoms with Crippen molar-refractivity contribution in [2.75, 3.05) is 24.5 Å². The van der Waals surface area contributed by atoms with Crippen LogP contribution in [0, 0.1) is 0 Å². The van der Waals surface area contributed by atoms with Gasteiger partial charge in [-0.2, -0.15) is 0 Å². The molecule has 3 rings (SSSR count). The van der Waals surface area contributed by atoms with Gasteiger partial charge >= 0.3 is 0 Å². The first-order valence-corrected chi connectivity index (χ1v) is 8.05. The second kappa shape index (κ2) is 7.35. The van der Waals surface area contributed by atoms with Crippen LogP contribution in [0.5, 0.6) is 0 Å². The second-order valence-corrected chi connectivity index (χ2v) is 6.11. The molecule has 1 fully saturated rings. The van der Waals surface area contributed by atoms with Crippen LogP contribution in [-0.2, 0) is 11.2 Å². The molecule has 0 unspecified atom stereocenters. The Labute approximate surface area is 140 Å². The largest absolute Gasteiger partial charge is 0.386 e. The molecule has 0 radical (unpaired) electrons. The second-order valence-electron chi connectivity index (χ2n) is 6.11. The SMILES string of the molecule is O=C(Cc1cccnc1)NC[C@]1(O)CCCN(c2ncccn2)C1. The maximum atomic E-state index is 12.1. The number of amides is 1. The standard InChI is InChI=1S/C17H21N5O2/c23-15(10-14-4-1-6-18-11-14)21-12-17(24)5-2-9-22(13-17)16-19-7-3-8-20-16/h1,3-4,6-8,11,24H,2,5,9-10,12-13H2,(H,21,23)/t17-/m1/s1. The summed E-state index contributed by atoms with van der Waals surface area (Å²) >= 11 is 0. The fraction of sp³-hybridized carbons (Fsp3) is 0.412. The van der Waals surface area contributed by atoms with Crippen LogP contribution >= 0.6 is 0 Å². The van der Waals surface area contributed by atoms with Crippen LogP contribution in [0.2, 0.25) is 0 Å². The lowest BCUT2D eigenvalue weighted by molar-refractivity contribution is -0.121. The third-order valence-electron chi connectivity index (χ3n) is 4.09. The predicted octanol–water partition coefficient (Wildman–Crippen LogP) is 0.562. The number of aromatic nitrogens is 3. The molecule has 0 saturated carbocycles. The summed E-state index contributed by atoms with van der Waals surface area (Å²) in [7, 11) is 0. The number of rotatable bonds is 5. The first kappa shape index (κ1) is 16.3. The van der Waals surface area contributed by atoms with E-state index in [1.165, 1.54) is 0 Å². The van der Waals surface area contributed by atoms with Gasteiger partial charge in [-0.05, 0) is 30.5 Å². The Morgan fingerprint density at radius 1 is 1.29 bits per heavy atom. The third-order valence-corrected chi connectivity index (χ3v) is 4.09. The highest BCUT2D eigenvalue weighted by molar-refractivity contribution is 5.78. The van der Waals surface area contributed by atoms with Gasteiger partial charge in [0.05, 0.1) is 18.6 Å². The van der Waals surface area contributed by atoms with E-state index in [0.717, 1.165) is 18.5 Å². The lowest BCUT2D eigenvalue weighted by atomic mass is 9.93. The van der Waals surface area contributed by atoms with Crippen LogP contribution in [0.3, 0.4) is 0 Å². The highest BCUT2D eigenvalue weighted by atomic mass is 16.3. The molecule has 3 heterocycles. The lowest BCUT2D eigenvalue weighted by Gasteiger charge is -2.39. The Kier molecular flexibility index (Phi) is 5.00.